The van der Waals surface area contributed by atoms with E-state index in [-0.39, 0.29) is 0 Å². The first-order valence-electron chi connectivity index (χ1n) is 3.14. The summed E-state index contributed by atoms with van der Waals surface area (Å²) >= 11 is 0. The van der Waals surface area contributed by atoms with Crippen LogP contribution in [0.4, 0.5) is 0 Å². The fourth-order valence-electron chi connectivity index (χ4n) is 0.629. The Morgan fingerprint density at radius 1 is 1.67 bits per heavy atom. The maximum atomic E-state index is 10.4. The van der Waals surface area contributed by atoms with E-state index in [4.69, 9.17) is 4.89 Å². The van der Waals surface area contributed by atoms with Crippen molar-refractivity contribution in [3.8, 4) is 0 Å². The van der Waals surface area contributed by atoms with Gasteiger partial charge in [0, 0.05) is 5.31 Å². The first-order chi connectivity index (χ1) is 4.22. The van der Waals surface area contributed by atoms with Gasteiger partial charge >= 0.3 is 0 Å². The molecule has 2 nitrogen and oxygen atoms in total. The predicted octanol–water partition coefficient (Wildman–Crippen LogP) is 2.16. The van der Waals surface area contributed by atoms with Gasteiger partial charge in [-0.2, -0.15) is 0 Å². The van der Waals surface area contributed by atoms with Crippen molar-refractivity contribution >= 4 is 8.03 Å². The van der Waals surface area contributed by atoms with Crippen LogP contribution in [0.1, 0.15) is 26.7 Å². The third-order valence-electron chi connectivity index (χ3n) is 1.11. The standard InChI is InChI=1S/C6H13O2P/c1-3-5-6(4-2)9(7)8/h5,9H,3-4H2,1-2H3,(H,7,8)/b6-5-. The molecule has 0 aliphatic rings. The van der Waals surface area contributed by atoms with E-state index in [9.17, 15) is 4.57 Å². The predicted molar refractivity (Wildman–Crippen MR) is 39.9 cm³/mol. The van der Waals surface area contributed by atoms with Crippen molar-refractivity contribution in [2.24, 2.45) is 0 Å². The average molecular weight is 148 g/mol. The number of allylic oxidation sites excluding steroid dienone is 2. The van der Waals surface area contributed by atoms with Crippen molar-refractivity contribution in [2.45, 2.75) is 26.7 Å². The van der Waals surface area contributed by atoms with Crippen molar-refractivity contribution < 1.29 is 9.46 Å². The second-order valence-electron chi connectivity index (χ2n) is 1.80. The molecule has 0 aromatic carbocycles. The quantitative estimate of drug-likeness (QED) is 0.622. The molecule has 1 atom stereocenters. The van der Waals surface area contributed by atoms with Gasteiger partial charge in [0.1, 0.15) is 0 Å². The molecule has 0 amide bonds. The smallest absolute Gasteiger partial charge is 0.213 e. The van der Waals surface area contributed by atoms with Gasteiger partial charge in [-0.05, 0) is 12.8 Å². The zero-order valence-corrected chi connectivity index (χ0v) is 6.85. The molecule has 54 valence electrons. The molecule has 1 N–H and O–H groups in total. The Kier molecular flexibility index (Phi) is 4.74. The summed E-state index contributed by atoms with van der Waals surface area (Å²) < 4.78 is 10.4. The van der Waals surface area contributed by atoms with Crippen LogP contribution in [0.3, 0.4) is 0 Å². The number of hydrogen-bond acceptors (Lipinski definition) is 1. The van der Waals surface area contributed by atoms with Crippen molar-refractivity contribution in [3.05, 3.63) is 11.4 Å². The maximum absolute atomic E-state index is 10.4. The Morgan fingerprint density at radius 2 is 2.22 bits per heavy atom. The van der Waals surface area contributed by atoms with E-state index in [0.717, 1.165) is 6.42 Å². The first kappa shape index (κ1) is 8.93. The summed E-state index contributed by atoms with van der Waals surface area (Å²) in [7, 11) is -2.38. The van der Waals surface area contributed by atoms with Crippen molar-refractivity contribution in [3.63, 3.8) is 0 Å². The van der Waals surface area contributed by atoms with E-state index in [1.165, 1.54) is 0 Å². The van der Waals surface area contributed by atoms with Gasteiger partial charge in [0.05, 0.1) is 0 Å². The van der Waals surface area contributed by atoms with Crippen LogP contribution in [0.5, 0.6) is 0 Å². The van der Waals surface area contributed by atoms with Crippen LogP contribution in [-0.2, 0) is 4.57 Å². The average Bonchev–Trinajstić information content (AvgIpc) is 1.82. The molecule has 0 saturated heterocycles. The molecule has 0 fully saturated rings. The van der Waals surface area contributed by atoms with Crippen LogP contribution in [0.25, 0.3) is 0 Å². The molecular weight excluding hydrogens is 135 g/mol. The van der Waals surface area contributed by atoms with Crippen LogP contribution in [0.2, 0.25) is 0 Å². The molecule has 9 heavy (non-hydrogen) atoms. The third-order valence-corrected chi connectivity index (χ3v) is 2.21. The van der Waals surface area contributed by atoms with Crippen molar-refractivity contribution in [1.82, 2.24) is 0 Å². The SMILES string of the molecule is CC/C=C(/CC)[PH](=O)O. The van der Waals surface area contributed by atoms with Crippen LogP contribution >= 0.6 is 8.03 Å². The van der Waals surface area contributed by atoms with Crippen LogP contribution in [0.15, 0.2) is 11.4 Å². The highest BCUT2D eigenvalue weighted by Gasteiger charge is 1.96. The van der Waals surface area contributed by atoms with Crippen LogP contribution in [-0.4, -0.2) is 4.89 Å². The molecule has 0 bridgehead atoms. The normalized spacial score (nSPS) is 15.7. The lowest BCUT2D eigenvalue weighted by Gasteiger charge is -1.95. The Balaban J connectivity index is 3.98. The van der Waals surface area contributed by atoms with E-state index < -0.39 is 8.03 Å². The zero-order valence-electron chi connectivity index (χ0n) is 5.85. The molecule has 0 aliphatic heterocycles. The fourth-order valence-corrected chi connectivity index (χ4v) is 1.31. The van der Waals surface area contributed by atoms with Gasteiger partial charge in [0.25, 0.3) is 0 Å². The Morgan fingerprint density at radius 3 is 2.33 bits per heavy atom. The monoisotopic (exact) mass is 148 g/mol. The molecule has 0 aliphatic carbocycles. The lowest BCUT2D eigenvalue weighted by Crippen LogP contribution is -1.71. The Hall–Kier alpha value is -0.0700. The largest absolute Gasteiger partial charge is 0.343 e. The fraction of sp³-hybridized carbons (Fsp3) is 0.667. The van der Waals surface area contributed by atoms with Gasteiger partial charge in [-0.15, -0.1) is 0 Å². The maximum Gasteiger partial charge on any atom is 0.213 e. The Labute approximate surface area is 56.5 Å². The van der Waals surface area contributed by atoms with E-state index in [1.807, 2.05) is 19.9 Å². The third kappa shape index (κ3) is 3.50. The summed E-state index contributed by atoms with van der Waals surface area (Å²) in [4.78, 5) is 8.62. The molecule has 3 heteroatoms. The summed E-state index contributed by atoms with van der Waals surface area (Å²) in [6.45, 7) is 3.85. The van der Waals surface area contributed by atoms with Gasteiger partial charge in [0.2, 0.25) is 8.03 Å². The van der Waals surface area contributed by atoms with Gasteiger partial charge in [-0.1, -0.05) is 19.9 Å². The molecule has 0 aromatic rings. The minimum Gasteiger partial charge on any atom is -0.343 e. The summed E-state index contributed by atoms with van der Waals surface area (Å²) in [5, 5.41) is 0.697. The number of hydrogen-bond donors (Lipinski definition) is 1. The Bertz CT molecular complexity index is 129. The summed E-state index contributed by atoms with van der Waals surface area (Å²) in [5.41, 5.74) is 0. The summed E-state index contributed by atoms with van der Waals surface area (Å²) in [6.07, 6.45) is 3.36. The van der Waals surface area contributed by atoms with E-state index in [2.05, 4.69) is 0 Å². The molecule has 1 unspecified atom stereocenters. The van der Waals surface area contributed by atoms with E-state index in [0.29, 0.717) is 11.7 Å². The minimum atomic E-state index is -2.38. The molecule has 0 saturated carbocycles. The number of rotatable bonds is 3. The molecule has 0 rings (SSSR count). The highest BCUT2D eigenvalue weighted by Crippen LogP contribution is 2.29. The zero-order chi connectivity index (χ0) is 7.28. The summed E-state index contributed by atoms with van der Waals surface area (Å²) in [5.74, 6) is 0. The first-order valence-corrected chi connectivity index (χ1v) is 4.50. The van der Waals surface area contributed by atoms with Gasteiger partial charge < -0.3 is 4.89 Å². The van der Waals surface area contributed by atoms with E-state index >= 15 is 0 Å². The second-order valence-corrected chi connectivity index (χ2v) is 3.05. The minimum absolute atomic E-state index is 0.697. The molecule has 0 spiro atoms. The highest BCUT2D eigenvalue weighted by molar-refractivity contribution is 7.43. The van der Waals surface area contributed by atoms with E-state index in [1.54, 1.807) is 0 Å². The van der Waals surface area contributed by atoms with Gasteiger partial charge in [-0.25, -0.2) is 0 Å². The highest BCUT2D eigenvalue weighted by atomic mass is 31.1. The topological polar surface area (TPSA) is 37.3 Å². The second kappa shape index (κ2) is 4.78. The summed E-state index contributed by atoms with van der Waals surface area (Å²) in [6, 6.07) is 0. The lowest BCUT2D eigenvalue weighted by atomic mass is 10.3. The molecule has 0 heterocycles. The van der Waals surface area contributed by atoms with Crippen molar-refractivity contribution in [2.75, 3.05) is 0 Å². The van der Waals surface area contributed by atoms with Gasteiger partial charge in [0.15, 0.2) is 0 Å². The van der Waals surface area contributed by atoms with Gasteiger partial charge in [-0.3, -0.25) is 4.57 Å². The lowest BCUT2D eigenvalue weighted by molar-refractivity contribution is 0.508. The van der Waals surface area contributed by atoms with Crippen LogP contribution < -0.4 is 0 Å². The van der Waals surface area contributed by atoms with Crippen LogP contribution in [0, 0.1) is 0 Å². The molecular formula is C6H13O2P. The molecule has 0 radical (unpaired) electrons. The molecule has 0 aromatic heterocycles. The van der Waals surface area contributed by atoms with Crippen molar-refractivity contribution in [1.29, 1.82) is 0 Å².